The lowest BCUT2D eigenvalue weighted by atomic mass is 9.82. The summed E-state index contributed by atoms with van der Waals surface area (Å²) in [5, 5.41) is 3.48. The van der Waals surface area contributed by atoms with Gasteiger partial charge < -0.3 is 15.0 Å². The third-order valence-electron chi connectivity index (χ3n) is 4.98. The molecule has 0 amide bonds. The molecule has 3 heteroatoms. The third kappa shape index (κ3) is 2.57. The van der Waals surface area contributed by atoms with Crippen molar-refractivity contribution in [2.24, 2.45) is 0 Å². The number of nitrogens with zero attached hydrogens (tertiary/aromatic N) is 1. The van der Waals surface area contributed by atoms with Gasteiger partial charge in [0.2, 0.25) is 0 Å². The zero-order valence-electron chi connectivity index (χ0n) is 12.7. The first-order valence-electron chi connectivity index (χ1n) is 7.94. The fraction of sp³-hybridized carbons (Fsp3) is 0.647. The molecule has 1 saturated heterocycles. The van der Waals surface area contributed by atoms with Crippen LogP contribution in [0, 0.1) is 0 Å². The van der Waals surface area contributed by atoms with E-state index in [1.807, 2.05) is 0 Å². The van der Waals surface area contributed by atoms with Crippen molar-refractivity contribution in [3.8, 4) is 5.75 Å². The van der Waals surface area contributed by atoms with Crippen LogP contribution >= 0.6 is 0 Å². The zero-order chi connectivity index (χ0) is 14.0. The monoisotopic (exact) mass is 274 g/mol. The van der Waals surface area contributed by atoms with Crippen LogP contribution in [0.2, 0.25) is 0 Å². The number of ether oxygens (including phenoxy) is 1. The van der Waals surface area contributed by atoms with Gasteiger partial charge in [0.15, 0.2) is 0 Å². The quantitative estimate of drug-likeness (QED) is 0.897. The Hall–Kier alpha value is -1.06. The minimum atomic E-state index is 0.0337. The number of nitrogens with one attached hydrogen (secondary N) is 1. The fourth-order valence-corrected chi connectivity index (χ4v) is 3.72. The number of rotatable bonds is 2. The van der Waals surface area contributed by atoms with Gasteiger partial charge in [0.05, 0.1) is 0 Å². The first-order valence-corrected chi connectivity index (χ1v) is 7.94. The molecule has 0 aliphatic carbocycles. The number of para-hydroxylation sites is 1. The van der Waals surface area contributed by atoms with Crippen molar-refractivity contribution >= 4 is 0 Å². The Morgan fingerprint density at radius 2 is 2.15 bits per heavy atom. The molecule has 1 fully saturated rings. The van der Waals surface area contributed by atoms with E-state index in [1.165, 1.54) is 24.9 Å². The highest BCUT2D eigenvalue weighted by Crippen LogP contribution is 2.43. The van der Waals surface area contributed by atoms with Crippen LogP contribution in [-0.4, -0.2) is 37.2 Å². The Balaban J connectivity index is 1.85. The molecule has 0 radical (unpaired) electrons. The summed E-state index contributed by atoms with van der Waals surface area (Å²) < 4.78 is 6.50. The molecule has 2 unspecified atom stereocenters. The maximum atomic E-state index is 6.50. The molecule has 3 nitrogen and oxygen atoms in total. The molecule has 110 valence electrons. The summed E-state index contributed by atoms with van der Waals surface area (Å²) in [5.74, 6) is 1.09. The van der Waals surface area contributed by atoms with Gasteiger partial charge in [-0.1, -0.05) is 25.1 Å². The molecule has 0 saturated carbocycles. The predicted octanol–water partition coefficient (Wildman–Crippen LogP) is 2.97. The number of fused-ring (bicyclic) bond motifs is 1. The van der Waals surface area contributed by atoms with Crippen molar-refractivity contribution in [1.82, 2.24) is 10.2 Å². The second-order valence-corrected chi connectivity index (χ2v) is 6.16. The van der Waals surface area contributed by atoms with E-state index in [0.717, 1.165) is 31.7 Å². The Morgan fingerprint density at radius 3 is 2.95 bits per heavy atom. The summed E-state index contributed by atoms with van der Waals surface area (Å²) in [6, 6.07) is 8.94. The SMILES string of the molecule is CCN1CCCC2(CC1)CC(NC)c1ccccc1O2. The molecule has 3 rings (SSSR count). The summed E-state index contributed by atoms with van der Waals surface area (Å²) in [5.41, 5.74) is 1.35. The highest BCUT2D eigenvalue weighted by atomic mass is 16.5. The normalized spacial score (nSPS) is 30.6. The van der Waals surface area contributed by atoms with E-state index in [0.29, 0.717) is 6.04 Å². The Kier molecular flexibility index (Phi) is 3.99. The smallest absolute Gasteiger partial charge is 0.124 e. The summed E-state index contributed by atoms with van der Waals surface area (Å²) in [4.78, 5) is 2.55. The van der Waals surface area contributed by atoms with Crippen molar-refractivity contribution in [2.45, 2.75) is 44.2 Å². The molecule has 0 bridgehead atoms. The zero-order valence-corrected chi connectivity index (χ0v) is 12.7. The van der Waals surface area contributed by atoms with Crippen LogP contribution in [0.4, 0.5) is 0 Å². The first kappa shape index (κ1) is 13.9. The van der Waals surface area contributed by atoms with Gasteiger partial charge in [0.1, 0.15) is 11.4 Å². The van der Waals surface area contributed by atoms with Crippen LogP contribution in [0.3, 0.4) is 0 Å². The molecule has 2 atom stereocenters. The van der Waals surface area contributed by atoms with Crippen molar-refractivity contribution in [2.75, 3.05) is 26.7 Å². The van der Waals surface area contributed by atoms with E-state index in [1.54, 1.807) is 0 Å². The van der Waals surface area contributed by atoms with Crippen LogP contribution in [-0.2, 0) is 0 Å². The van der Waals surface area contributed by atoms with Gasteiger partial charge in [-0.05, 0) is 45.5 Å². The molecule has 0 aromatic heterocycles. The fourth-order valence-electron chi connectivity index (χ4n) is 3.72. The molecule has 2 aliphatic rings. The van der Waals surface area contributed by atoms with Crippen molar-refractivity contribution in [3.05, 3.63) is 29.8 Å². The van der Waals surface area contributed by atoms with E-state index < -0.39 is 0 Å². The van der Waals surface area contributed by atoms with Crippen LogP contribution in [0.15, 0.2) is 24.3 Å². The van der Waals surface area contributed by atoms with E-state index in [9.17, 15) is 0 Å². The minimum absolute atomic E-state index is 0.0337. The predicted molar refractivity (Wildman–Crippen MR) is 82.2 cm³/mol. The number of likely N-dealkylation sites (tertiary alicyclic amines) is 1. The molecule has 1 aromatic carbocycles. The lowest BCUT2D eigenvalue weighted by Gasteiger charge is -2.42. The maximum absolute atomic E-state index is 6.50. The molecule has 1 aromatic rings. The summed E-state index contributed by atoms with van der Waals surface area (Å²) >= 11 is 0. The standard InChI is InChI=1S/C17H26N2O/c1-3-19-11-6-9-17(10-12-19)13-15(18-2)14-7-4-5-8-16(14)20-17/h4-5,7-8,15,18H,3,6,9-13H2,1-2H3. The molecule has 2 aliphatic heterocycles. The van der Waals surface area contributed by atoms with E-state index in [-0.39, 0.29) is 5.60 Å². The largest absolute Gasteiger partial charge is 0.487 e. The second kappa shape index (κ2) is 5.74. The van der Waals surface area contributed by atoms with Crippen molar-refractivity contribution < 1.29 is 4.74 Å². The van der Waals surface area contributed by atoms with Gasteiger partial charge >= 0.3 is 0 Å². The van der Waals surface area contributed by atoms with Gasteiger partial charge in [0, 0.05) is 24.6 Å². The Bertz CT molecular complexity index is 462. The minimum Gasteiger partial charge on any atom is -0.487 e. The summed E-state index contributed by atoms with van der Waals surface area (Å²) in [6.07, 6.45) is 4.66. The topological polar surface area (TPSA) is 24.5 Å². The molecule has 1 spiro atoms. The molecule has 20 heavy (non-hydrogen) atoms. The highest BCUT2D eigenvalue weighted by Gasteiger charge is 2.41. The van der Waals surface area contributed by atoms with Gasteiger partial charge in [-0.2, -0.15) is 0 Å². The van der Waals surface area contributed by atoms with Crippen molar-refractivity contribution in [3.63, 3.8) is 0 Å². The molecular weight excluding hydrogens is 248 g/mol. The number of benzene rings is 1. The second-order valence-electron chi connectivity index (χ2n) is 6.16. The van der Waals surface area contributed by atoms with Gasteiger partial charge in [-0.15, -0.1) is 0 Å². The maximum Gasteiger partial charge on any atom is 0.124 e. The lowest BCUT2D eigenvalue weighted by molar-refractivity contribution is 0.0178. The van der Waals surface area contributed by atoms with Crippen LogP contribution < -0.4 is 10.1 Å². The van der Waals surface area contributed by atoms with Gasteiger partial charge in [0.25, 0.3) is 0 Å². The van der Waals surface area contributed by atoms with E-state index >= 15 is 0 Å². The average Bonchev–Trinajstić information content (AvgIpc) is 2.69. The molecule has 1 N–H and O–H groups in total. The number of hydrogen-bond donors (Lipinski definition) is 1. The van der Waals surface area contributed by atoms with E-state index in [2.05, 4.69) is 48.5 Å². The molecule has 2 heterocycles. The van der Waals surface area contributed by atoms with Gasteiger partial charge in [-0.3, -0.25) is 0 Å². The highest BCUT2D eigenvalue weighted by molar-refractivity contribution is 5.39. The summed E-state index contributed by atoms with van der Waals surface area (Å²) in [7, 11) is 2.06. The van der Waals surface area contributed by atoms with Crippen LogP contribution in [0.1, 0.15) is 44.2 Å². The first-order chi connectivity index (χ1) is 9.76. The Morgan fingerprint density at radius 1 is 1.30 bits per heavy atom. The lowest BCUT2D eigenvalue weighted by Crippen LogP contribution is -2.44. The van der Waals surface area contributed by atoms with E-state index in [4.69, 9.17) is 4.74 Å². The summed E-state index contributed by atoms with van der Waals surface area (Å²) in [6.45, 7) is 5.79. The average molecular weight is 274 g/mol. The third-order valence-corrected chi connectivity index (χ3v) is 4.98. The van der Waals surface area contributed by atoms with Crippen LogP contribution in [0.5, 0.6) is 5.75 Å². The Labute approximate surface area is 122 Å². The van der Waals surface area contributed by atoms with Crippen LogP contribution in [0.25, 0.3) is 0 Å². The number of hydrogen-bond acceptors (Lipinski definition) is 3. The van der Waals surface area contributed by atoms with Gasteiger partial charge in [-0.25, -0.2) is 0 Å². The molecular formula is C17H26N2O. The van der Waals surface area contributed by atoms with Crippen molar-refractivity contribution in [1.29, 1.82) is 0 Å².